The largest absolute Gasteiger partial charge is 0.497 e. The van der Waals surface area contributed by atoms with Gasteiger partial charge in [-0.1, -0.05) is 0 Å². The van der Waals surface area contributed by atoms with Gasteiger partial charge in [-0.3, -0.25) is 4.79 Å². The molecule has 1 amide bonds. The second-order valence-corrected chi connectivity index (χ2v) is 4.93. The molecule has 0 aromatic heterocycles. The van der Waals surface area contributed by atoms with Gasteiger partial charge in [0.05, 0.1) is 41.1 Å². The molecule has 0 saturated heterocycles. The van der Waals surface area contributed by atoms with Crippen molar-refractivity contribution >= 4 is 11.6 Å². The van der Waals surface area contributed by atoms with Gasteiger partial charge in [0.2, 0.25) is 5.75 Å². The highest BCUT2D eigenvalue weighted by Crippen LogP contribution is 2.40. The van der Waals surface area contributed by atoms with Crippen LogP contribution in [0, 0.1) is 0 Å². The van der Waals surface area contributed by atoms with Crippen molar-refractivity contribution in [2.75, 3.05) is 40.9 Å². The average Bonchev–Trinajstić information content (AvgIpc) is 2.66. The molecule has 0 aliphatic carbocycles. The number of hydrogen-bond donors (Lipinski definition) is 1. The minimum atomic E-state index is -0.356. The summed E-state index contributed by atoms with van der Waals surface area (Å²) >= 11 is 0. The van der Waals surface area contributed by atoms with E-state index in [4.69, 9.17) is 23.7 Å². The zero-order chi connectivity index (χ0) is 18.4. The van der Waals surface area contributed by atoms with E-state index in [1.54, 1.807) is 30.3 Å². The van der Waals surface area contributed by atoms with E-state index in [9.17, 15) is 4.79 Å². The normalized spacial score (nSPS) is 9.96. The van der Waals surface area contributed by atoms with E-state index in [-0.39, 0.29) is 5.91 Å². The average molecular weight is 347 g/mol. The van der Waals surface area contributed by atoms with Gasteiger partial charge in [-0.15, -0.1) is 0 Å². The summed E-state index contributed by atoms with van der Waals surface area (Å²) in [6.45, 7) is 0. The number of hydrogen-bond acceptors (Lipinski definition) is 6. The van der Waals surface area contributed by atoms with Crippen LogP contribution in [0.5, 0.6) is 28.7 Å². The second-order valence-electron chi connectivity index (χ2n) is 4.93. The third-order valence-electron chi connectivity index (χ3n) is 3.57. The van der Waals surface area contributed by atoms with Crippen LogP contribution in [0.1, 0.15) is 10.4 Å². The van der Waals surface area contributed by atoms with E-state index < -0.39 is 0 Å². The van der Waals surface area contributed by atoms with Gasteiger partial charge in [-0.05, 0) is 18.2 Å². The lowest BCUT2D eigenvalue weighted by atomic mass is 10.1. The highest BCUT2D eigenvalue weighted by Gasteiger charge is 2.17. The van der Waals surface area contributed by atoms with Gasteiger partial charge >= 0.3 is 0 Å². The number of methoxy groups -OCH3 is 5. The van der Waals surface area contributed by atoms with E-state index >= 15 is 0 Å². The SMILES string of the molecule is COc1ccc(OC)c(C(=O)Nc2cc(OC)c(OC)c(OC)c2)c1. The molecule has 0 unspecified atom stereocenters. The van der Waals surface area contributed by atoms with Crippen molar-refractivity contribution in [2.45, 2.75) is 0 Å². The van der Waals surface area contributed by atoms with Crippen molar-refractivity contribution < 1.29 is 28.5 Å². The topological polar surface area (TPSA) is 75.3 Å². The predicted octanol–water partition coefficient (Wildman–Crippen LogP) is 2.98. The van der Waals surface area contributed by atoms with Crippen molar-refractivity contribution in [3.63, 3.8) is 0 Å². The number of ether oxygens (including phenoxy) is 5. The summed E-state index contributed by atoms with van der Waals surface area (Å²) < 4.78 is 26.3. The highest BCUT2D eigenvalue weighted by molar-refractivity contribution is 6.06. The van der Waals surface area contributed by atoms with E-state index in [1.165, 1.54) is 35.5 Å². The maximum absolute atomic E-state index is 12.7. The fraction of sp³-hybridized carbons (Fsp3) is 0.278. The van der Waals surface area contributed by atoms with Gasteiger partial charge in [0, 0.05) is 17.8 Å². The number of anilines is 1. The first-order chi connectivity index (χ1) is 12.1. The number of amides is 1. The van der Waals surface area contributed by atoms with Crippen molar-refractivity contribution in [2.24, 2.45) is 0 Å². The first-order valence-corrected chi connectivity index (χ1v) is 7.41. The number of benzene rings is 2. The van der Waals surface area contributed by atoms with Crippen LogP contribution in [0.4, 0.5) is 5.69 Å². The highest BCUT2D eigenvalue weighted by atomic mass is 16.5. The van der Waals surface area contributed by atoms with Crippen molar-refractivity contribution in [1.29, 1.82) is 0 Å². The molecule has 25 heavy (non-hydrogen) atoms. The van der Waals surface area contributed by atoms with E-state index in [0.29, 0.717) is 40.0 Å². The third-order valence-corrected chi connectivity index (χ3v) is 3.57. The Morgan fingerprint density at radius 3 is 1.84 bits per heavy atom. The van der Waals surface area contributed by atoms with Crippen molar-refractivity contribution in [1.82, 2.24) is 0 Å². The lowest BCUT2D eigenvalue weighted by Crippen LogP contribution is -2.13. The summed E-state index contributed by atoms with van der Waals surface area (Å²) in [6.07, 6.45) is 0. The van der Waals surface area contributed by atoms with Crippen molar-refractivity contribution in [3.05, 3.63) is 35.9 Å². The Morgan fingerprint density at radius 2 is 1.36 bits per heavy atom. The van der Waals surface area contributed by atoms with E-state index in [2.05, 4.69) is 5.32 Å². The minimum Gasteiger partial charge on any atom is -0.497 e. The quantitative estimate of drug-likeness (QED) is 0.830. The molecule has 2 aromatic rings. The van der Waals surface area contributed by atoms with Crippen LogP contribution in [0.3, 0.4) is 0 Å². The Bertz CT molecular complexity index is 734. The molecule has 7 heteroatoms. The summed E-state index contributed by atoms with van der Waals surface area (Å²) in [5.41, 5.74) is 0.833. The molecule has 0 bridgehead atoms. The van der Waals surface area contributed by atoms with Crippen LogP contribution in [0.25, 0.3) is 0 Å². The molecule has 0 atom stereocenters. The Morgan fingerprint density at radius 1 is 0.760 bits per heavy atom. The Hall–Kier alpha value is -3.09. The molecule has 2 rings (SSSR count). The maximum atomic E-state index is 12.7. The van der Waals surface area contributed by atoms with Gasteiger partial charge in [-0.2, -0.15) is 0 Å². The van der Waals surface area contributed by atoms with E-state index in [0.717, 1.165) is 0 Å². The lowest BCUT2D eigenvalue weighted by Gasteiger charge is -2.15. The fourth-order valence-electron chi connectivity index (χ4n) is 2.34. The van der Waals surface area contributed by atoms with Crippen LogP contribution < -0.4 is 29.0 Å². The zero-order valence-corrected chi connectivity index (χ0v) is 14.8. The number of rotatable bonds is 7. The lowest BCUT2D eigenvalue weighted by molar-refractivity contribution is 0.102. The standard InChI is InChI=1S/C18H21NO6/c1-21-12-6-7-14(22-2)13(10-12)18(20)19-11-8-15(23-3)17(25-5)16(9-11)24-4/h6-10H,1-5H3,(H,19,20). The van der Waals surface area contributed by atoms with Gasteiger partial charge in [-0.25, -0.2) is 0 Å². The molecule has 134 valence electrons. The monoisotopic (exact) mass is 347 g/mol. The van der Waals surface area contributed by atoms with Gasteiger partial charge < -0.3 is 29.0 Å². The fourth-order valence-corrected chi connectivity index (χ4v) is 2.34. The predicted molar refractivity (Wildman–Crippen MR) is 93.6 cm³/mol. The molecule has 0 fully saturated rings. The van der Waals surface area contributed by atoms with Gasteiger partial charge in [0.1, 0.15) is 11.5 Å². The summed E-state index contributed by atoms with van der Waals surface area (Å²) in [4.78, 5) is 12.7. The Balaban J connectivity index is 2.38. The first kappa shape index (κ1) is 18.3. The number of carbonyl (C=O) groups excluding carboxylic acids is 1. The molecule has 7 nitrogen and oxygen atoms in total. The van der Waals surface area contributed by atoms with Crippen molar-refractivity contribution in [3.8, 4) is 28.7 Å². The Kier molecular flexibility index (Phi) is 5.94. The van der Waals surface area contributed by atoms with Crippen LogP contribution in [-0.2, 0) is 0 Å². The molecule has 0 aliphatic heterocycles. The van der Waals surface area contributed by atoms with E-state index in [1.807, 2.05) is 0 Å². The van der Waals surface area contributed by atoms with Crippen LogP contribution in [0.15, 0.2) is 30.3 Å². The molecular weight excluding hydrogens is 326 g/mol. The molecule has 1 N–H and O–H groups in total. The summed E-state index contributed by atoms with van der Waals surface area (Å²) in [5, 5.41) is 2.79. The molecule has 0 heterocycles. The summed E-state index contributed by atoms with van der Waals surface area (Å²) in [6, 6.07) is 8.28. The number of nitrogens with one attached hydrogen (secondary N) is 1. The second kappa shape index (κ2) is 8.14. The zero-order valence-electron chi connectivity index (χ0n) is 14.8. The summed E-state index contributed by atoms with van der Waals surface area (Å²) in [5.74, 6) is 1.96. The molecular formula is C18H21NO6. The molecule has 0 saturated carbocycles. The molecule has 0 radical (unpaired) electrons. The van der Waals surface area contributed by atoms with Crippen LogP contribution in [-0.4, -0.2) is 41.5 Å². The molecule has 0 spiro atoms. The van der Waals surface area contributed by atoms with Crippen LogP contribution in [0.2, 0.25) is 0 Å². The maximum Gasteiger partial charge on any atom is 0.259 e. The molecule has 2 aromatic carbocycles. The van der Waals surface area contributed by atoms with Crippen LogP contribution >= 0.6 is 0 Å². The third kappa shape index (κ3) is 3.88. The summed E-state index contributed by atoms with van der Waals surface area (Å²) in [7, 11) is 7.56. The van der Waals surface area contributed by atoms with Gasteiger partial charge in [0.15, 0.2) is 11.5 Å². The number of carbonyl (C=O) groups is 1. The smallest absolute Gasteiger partial charge is 0.259 e. The molecule has 0 aliphatic rings. The Labute approximate surface area is 146 Å². The van der Waals surface area contributed by atoms with Gasteiger partial charge in [0.25, 0.3) is 5.91 Å². The first-order valence-electron chi connectivity index (χ1n) is 7.41. The minimum absolute atomic E-state index is 0.343.